The van der Waals surface area contributed by atoms with E-state index in [0.29, 0.717) is 18.1 Å². The Bertz CT molecular complexity index is 352. The number of carbonyl (C=O) groups excluding carboxylic acids is 1. The summed E-state index contributed by atoms with van der Waals surface area (Å²) in [5, 5.41) is 0. The predicted octanol–water partition coefficient (Wildman–Crippen LogP) is 3.65. The van der Waals surface area contributed by atoms with Gasteiger partial charge in [0.15, 0.2) is 5.78 Å². The summed E-state index contributed by atoms with van der Waals surface area (Å²) in [6, 6.07) is 0. The van der Waals surface area contributed by atoms with E-state index in [2.05, 4.69) is 13.8 Å². The summed E-state index contributed by atoms with van der Waals surface area (Å²) in [6.45, 7) is 8.47. The normalized spacial score (nSPS) is 38.6. The summed E-state index contributed by atoms with van der Waals surface area (Å²) in [7, 11) is 0. The third kappa shape index (κ3) is 2.79. The fraction of sp³-hybridized carbons (Fsp3) is 0.800. The SMILES string of the molecule is CC(C)=C1CC2OC2(C)CCCC(C)CC1=O. The second-order valence-electron chi connectivity index (χ2n) is 6.23. The molecule has 0 N–H and O–H groups in total. The first-order chi connectivity index (χ1) is 7.92. The van der Waals surface area contributed by atoms with E-state index in [4.69, 9.17) is 4.74 Å². The van der Waals surface area contributed by atoms with Crippen LogP contribution in [-0.4, -0.2) is 17.5 Å². The molecule has 2 aliphatic rings. The molecule has 3 atom stereocenters. The number of hydrogen-bond donors (Lipinski definition) is 0. The second-order valence-corrected chi connectivity index (χ2v) is 6.23. The van der Waals surface area contributed by atoms with Crippen LogP contribution >= 0.6 is 0 Å². The van der Waals surface area contributed by atoms with Crippen LogP contribution in [-0.2, 0) is 9.53 Å². The zero-order chi connectivity index (χ0) is 12.6. The van der Waals surface area contributed by atoms with Gasteiger partial charge in [-0.05, 0) is 38.7 Å². The van der Waals surface area contributed by atoms with Crippen LogP contribution in [0.25, 0.3) is 0 Å². The molecular formula is C15H24O2. The molecule has 2 fully saturated rings. The van der Waals surface area contributed by atoms with Gasteiger partial charge < -0.3 is 4.74 Å². The Balaban J connectivity index is 2.17. The van der Waals surface area contributed by atoms with E-state index < -0.39 is 0 Å². The van der Waals surface area contributed by atoms with Crippen molar-refractivity contribution < 1.29 is 9.53 Å². The van der Waals surface area contributed by atoms with Crippen molar-refractivity contribution in [3.8, 4) is 0 Å². The summed E-state index contributed by atoms with van der Waals surface area (Å²) in [4.78, 5) is 12.2. The number of carbonyl (C=O) groups is 1. The molecule has 0 aromatic heterocycles. The molecule has 0 aromatic carbocycles. The lowest BCUT2D eigenvalue weighted by atomic mass is 9.85. The van der Waals surface area contributed by atoms with Gasteiger partial charge in [0.2, 0.25) is 0 Å². The molecule has 17 heavy (non-hydrogen) atoms. The maximum atomic E-state index is 12.2. The van der Waals surface area contributed by atoms with Crippen LogP contribution in [0.4, 0.5) is 0 Å². The van der Waals surface area contributed by atoms with Gasteiger partial charge in [0.1, 0.15) is 0 Å². The van der Waals surface area contributed by atoms with E-state index in [1.54, 1.807) is 0 Å². The summed E-state index contributed by atoms with van der Waals surface area (Å²) < 4.78 is 5.81. The van der Waals surface area contributed by atoms with Crippen molar-refractivity contribution in [2.45, 2.75) is 71.5 Å². The summed E-state index contributed by atoms with van der Waals surface area (Å²) in [5.74, 6) is 0.855. The first-order valence-electron chi connectivity index (χ1n) is 6.80. The second kappa shape index (κ2) is 4.56. The van der Waals surface area contributed by atoms with Gasteiger partial charge in [0.25, 0.3) is 0 Å². The van der Waals surface area contributed by atoms with Gasteiger partial charge >= 0.3 is 0 Å². The number of hydrogen-bond acceptors (Lipinski definition) is 2. The number of epoxide rings is 1. The number of ether oxygens (including phenoxy) is 1. The molecule has 0 amide bonds. The quantitative estimate of drug-likeness (QED) is 0.474. The Morgan fingerprint density at radius 2 is 2.06 bits per heavy atom. The first kappa shape index (κ1) is 12.8. The molecule has 1 aliphatic heterocycles. The Hall–Kier alpha value is -0.630. The van der Waals surface area contributed by atoms with Crippen LogP contribution < -0.4 is 0 Å². The summed E-state index contributed by atoms with van der Waals surface area (Å²) >= 11 is 0. The zero-order valence-electron chi connectivity index (χ0n) is 11.5. The Kier molecular flexibility index (Phi) is 3.44. The molecule has 2 nitrogen and oxygen atoms in total. The van der Waals surface area contributed by atoms with Crippen molar-refractivity contribution in [2.75, 3.05) is 0 Å². The van der Waals surface area contributed by atoms with Gasteiger partial charge in [-0.2, -0.15) is 0 Å². The van der Waals surface area contributed by atoms with Gasteiger partial charge in [0, 0.05) is 12.8 Å². The van der Waals surface area contributed by atoms with Crippen LogP contribution in [0.1, 0.15) is 59.8 Å². The fourth-order valence-corrected chi connectivity index (χ4v) is 2.89. The lowest BCUT2D eigenvalue weighted by Crippen LogP contribution is -2.18. The zero-order valence-corrected chi connectivity index (χ0v) is 11.5. The molecule has 2 rings (SSSR count). The van der Waals surface area contributed by atoms with E-state index >= 15 is 0 Å². The van der Waals surface area contributed by atoms with Crippen molar-refractivity contribution in [1.82, 2.24) is 0 Å². The van der Waals surface area contributed by atoms with Crippen LogP contribution in [0.15, 0.2) is 11.1 Å². The minimum atomic E-state index is 0.0536. The van der Waals surface area contributed by atoms with Crippen molar-refractivity contribution in [3.05, 3.63) is 11.1 Å². The number of fused-ring (bicyclic) bond motifs is 1. The average molecular weight is 236 g/mol. The van der Waals surface area contributed by atoms with Gasteiger partial charge in [-0.3, -0.25) is 4.79 Å². The number of Topliss-reactive ketones (excluding diaryl/α,β-unsaturated/α-hetero) is 1. The third-order valence-electron chi connectivity index (χ3n) is 4.27. The molecule has 0 spiro atoms. The van der Waals surface area contributed by atoms with Gasteiger partial charge in [-0.15, -0.1) is 0 Å². The van der Waals surface area contributed by atoms with Crippen molar-refractivity contribution in [1.29, 1.82) is 0 Å². The van der Waals surface area contributed by atoms with Crippen LogP contribution in [0.3, 0.4) is 0 Å². The van der Waals surface area contributed by atoms with E-state index in [1.165, 1.54) is 12.0 Å². The highest BCUT2D eigenvalue weighted by atomic mass is 16.6. The highest BCUT2D eigenvalue weighted by molar-refractivity contribution is 5.96. The maximum absolute atomic E-state index is 12.2. The molecule has 96 valence electrons. The first-order valence-corrected chi connectivity index (χ1v) is 6.80. The highest BCUT2D eigenvalue weighted by Crippen LogP contribution is 2.45. The van der Waals surface area contributed by atoms with E-state index in [9.17, 15) is 4.79 Å². The lowest BCUT2D eigenvalue weighted by molar-refractivity contribution is -0.116. The van der Waals surface area contributed by atoms with Crippen LogP contribution in [0, 0.1) is 5.92 Å². The van der Waals surface area contributed by atoms with Gasteiger partial charge in [0.05, 0.1) is 11.7 Å². The van der Waals surface area contributed by atoms with Crippen LogP contribution in [0.2, 0.25) is 0 Å². The van der Waals surface area contributed by atoms with Gasteiger partial charge in [-0.1, -0.05) is 25.3 Å². The average Bonchev–Trinajstić information content (AvgIpc) is 2.84. The third-order valence-corrected chi connectivity index (χ3v) is 4.27. The number of ketones is 1. The Labute approximate surface area is 104 Å². The molecule has 2 heteroatoms. The topological polar surface area (TPSA) is 29.6 Å². The fourth-order valence-electron chi connectivity index (χ4n) is 2.89. The summed E-state index contributed by atoms with van der Waals surface area (Å²) in [5.41, 5.74) is 2.24. The Morgan fingerprint density at radius 3 is 2.71 bits per heavy atom. The summed E-state index contributed by atoms with van der Waals surface area (Å²) in [6.07, 6.45) is 5.30. The maximum Gasteiger partial charge on any atom is 0.159 e. The molecule has 0 radical (unpaired) electrons. The number of rotatable bonds is 0. The molecule has 1 heterocycles. The van der Waals surface area contributed by atoms with Crippen molar-refractivity contribution in [2.24, 2.45) is 5.92 Å². The van der Waals surface area contributed by atoms with E-state index in [-0.39, 0.29) is 11.7 Å². The van der Waals surface area contributed by atoms with E-state index in [1.807, 2.05) is 13.8 Å². The standard InChI is InChI=1S/C15H24O2/c1-10(2)12-9-14-15(4,17-14)7-5-6-11(3)8-13(12)16/h11,14H,5-9H2,1-4H3. The van der Waals surface area contributed by atoms with Crippen LogP contribution in [0.5, 0.6) is 0 Å². The molecule has 3 unspecified atom stereocenters. The molecule has 1 aliphatic carbocycles. The molecule has 0 aromatic rings. The minimum absolute atomic E-state index is 0.0536. The minimum Gasteiger partial charge on any atom is -0.366 e. The molecule has 0 bridgehead atoms. The molecular weight excluding hydrogens is 212 g/mol. The smallest absolute Gasteiger partial charge is 0.159 e. The highest BCUT2D eigenvalue weighted by Gasteiger charge is 2.52. The predicted molar refractivity (Wildman–Crippen MR) is 68.9 cm³/mol. The largest absolute Gasteiger partial charge is 0.366 e. The van der Waals surface area contributed by atoms with Crippen molar-refractivity contribution >= 4 is 5.78 Å². The van der Waals surface area contributed by atoms with Gasteiger partial charge in [-0.25, -0.2) is 0 Å². The van der Waals surface area contributed by atoms with E-state index in [0.717, 1.165) is 24.8 Å². The molecule has 1 saturated carbocycles. The Morgan fingerprint density at radius 1 is 1.35 bits per heavy atom. The van der Waals surface area contributed by atoms with Crippen molar-refractivity contribution in [3.63, 3.8) is 0 Å². The lowest BCUT2D eigenvalue weighted by Gasteiger charge is -2.16. The molecule has 1 saturated heterocycles. The number of allylic oxidation sites excluding steroid dienone is 1. The monoisotopic (exact) mass is 236 g/mol.